The Hall–Kier alpha value is -3.42. The van der Waals surface area contributed by atoms with Crippen LogP contribution in [0.3, 0.4) is 0 Å². The van der Waals surface area contributed by atoms with E-state index in [1.807, 2.05) is 54.6 Å². The van der Waals surface area contributed by atoms with Gasteiger partial charge in [0.2, 0.25) is 0 Å². The molecule has 33 heavy (non-hydrogen) atoms. The second kappa shape index (κ2) is 8.17. The van der Waals surface area contributed by atoms with Crippen LogP contribution >= 0.6 is 0 Å². The molecule has 0 spiro atoms. The van der Waals surface area contributed by atoms with E-state index >= 15 is 0 Å². The summed E-state index contributed by atoms with van der Waals surface area (Å²) in [7, 11) is 1.64. The van der Waals surface area contributed by atoms with Gasteiger partial charge in [0.25, 0.3) is 11.5 Å². The summed E-state index contributed by atoms with van der Waals surface area (Å²) in [6.45, 7) is 7.61. The molecule has 5 rings (SSSR count). The molecule has 1 N–H and O–H groups in total. The van der Waals surface area contributed by atoms with Crippen molar-refractivity contribution in [2.24, 2.45) is 5.92 Å². The van der Waals surface area contributed by atoms with Crippen LogP contribution in [0.2, 0.25) is 0 Å². The van der Waals surface area contributed by atoms with E-state index in [1.165, 1.54) is 0 Å². The second-order valence-corrected chi connectivity index (χ2v) is 9.24. The van der Waals surface area contributed by atoms with Crippen molar-refractivity contribution in [1.82, 2.24) is 24.6 Å². The lowest BCUT2D eigenvalue weighted by Crippen LogP contribution is -2.29. The van der Waals surface area contributed by atoms with Crippen molar-refractivity contribution in [3.8, 4) is 5.75 Å². The third-order valence-electron chi connectivity index (χ3n) is 6.96. The number of carbonyl (C=O) groups excluding carboxylic acids is 1. The van der Waals surface area contributed by atoms with Crippen LogP contribution in [0.4, 0.5) is 0 Å². The Balaban J connectivity index is 1.41. The van der Waals surface area contributed by atoms with Gasteiger partial charge in [0.05, 0.1) is 25.0 Å². The fourth-order valence-corrected chi connectivity index (χ4v) is 5.36. The minimum Gasteiger partial charge on any atom is -0.496 e. The smallest absolute Gasteiger partial charge is 0.254 e. The molecule has 0 radical (unpaired) electrons. The molecule has 1 aliphatic carbocycles. The van der Waals surface area contributed by atoms with Crippen molar-refractivity contribution in [2.45, 2.75) is 46.1 Å². The number of benzene rings is 1. The average molecular weight is 448 g/mol. The fourth-order valence-electron chi connectivity index (χ4n) is 5.36. The maximum Gasteiger partial charge on any atom is 0.254 e. The third kappa shape index (κ3) is 3.83. The first kappa shape index (κ1) is 21.4. The Kier molecular flexibility index (Phi) is 5.31. The van der Waals surface area contributed by atoms with E-state index in [4.69, 9.17) is 4.74 Å². The van der Waals surface area contributed by atoms with E-state index in [-0.39, 0.29) is 17.4 Å². The Labute approximate surface area is 192 Å². The quantitative estimate of drug-likeness (QED) is 0.664. The van der Waals surface area contributed by atoms with Gasteiger partial charge in [-0.05, 0) is 63.8 Å². The van der Waals surface area contributed by atoms with Gasteiger partial charge in [-0.15, -0.1) is 0 Å². The summed E-state index contributed by atoms with van der Waals surface area (Å²) in [5.41, 5.74) is 5.20. The summed E-state index contributed by atoms with van der Waals surface area (Å²) in [4.78, 5) is 35.3. The lowest BCUT2D eigenvalue weighted by molar-refractivity contribution is 0.0785. The van der Waals surface area contributed by atoms with E-state index < -0.39 is 0 Å². The molecule has 3 aromatic rings. The van der Waals surface area contributed by atoms with Gasteiger partial charge in [-0.1, -0.05) is 0 Å². The molecule has 1 aromatic carbocycles. The maximum atomic E-state index is 13.5. The number of carbonyl (C=O) groups is 1. The number of aromatic amines is 1. The number of aromatic nitrogens is 4. The van der Waals surface area contributed by atoms with Crippen LogP contribution in [0, 0.1) is 26.7 Å². The lowest BCUT2D eigenvalue weighted by Gasteiger charge is -2.25. The van der Waals surface area contributed by atoms with Gasteiger partial charge in [0, 0.05) is 41.4 Å². The average Bonchev–Trinajstić information content (AvgIpc) is 3.35. The molecule has 3 heterocycles. The second-order valence-electron chi connectivity index (χ2n) is 9.24. The summed E-state index contributed by atoms with van der Waals surface area (Å²) in [6.07, 6.45) is 1.62. The number of rotatable bonds is 4. The monoisotopic (exact) mass is 447 g/mol. The SMILES string of the molecule is COc1ccc(C(=O)N2C[C@H]3CCc4c(nc(C)[nH]c4=O)[C@H]3C2)cc1Cn1nc(C)cc1C. The van der Waals surface area contributed by atoms with E-state index in [0.717, 1.165) is 46.8 Å². The molecule has 2 atom stereocenters. The van der Waals surface area contributed by atoms with E-state index in [2.05, 4.69) is 15.1 Å². The van der Waals surface area contributed by atoms with Gasteiger partial charge < -0.3 is 14.6 Å². The van der Waals surface area contributed by atoms with Crippen LogP contribution in [0.1, 0.15) is 56.7 Å². The lowest BCUT2D eigenvalue weighted by atomic mass is 9.80. The Bertz CT molecular complexity index is 1290. The number of amides is 1. The zero-order valence-corrected chi connectivity index (χ0v) is 19.5. The summed E-state index contributed by atoms with van der Waals surface area (Å²) >= 11 is 0. The molecule has 172 valence electrons. The number of hydrogen-bond acceptors (Lipinski definition) is 5. The Morgan fingerprint density at radius 2 is 2.03 bits per heavy atom. The van der Waals surface area contributed by atoms with Crippen molar-refractivity contribution in [3.05, 3.63) is 74.2 Å². The molecule has 1 fully saturated rings. The molecular formula is C25H29N5O3. The topological polar surface area (TPSA) is 93.1 Å². The predicted molar refractivity (Wildman–Crippen MR) is 124 cm³/mol. The number of H-pyrrole nitrogens is 1. The number of likely N-dealkylation sites (tertiary alicyclic amines) is 1. The number of methoxy groups -OCH3 is 1. The molecule has 1 saturated heterocycles. The summed E-state index contributed by atoms with van der Waals surface area (Å²) in [5.74, 6) is 1.83. The number of nitrogens with zero attached hydrogens (tertiary/aromatic N) is 4. The number of nitrogens with one attached hydrogen (secondary N) is 1. The first-order valence-electron chi connectivity index (χ1n) is 11.4. The van der Waals surface area contributed by atoms with Crippen LogP contribution < -0.4 is 10.3 Å². The highest BCUT2D eigenvalue weighted by Gasteiger charge is 2.41. The Morgan fingerprint density at radius 1 is 1.21 bits per heavy atom. The molecule has 0 bridgehead atoms. The first-order valence-corrected chi connectivity index (χ1v) is 11.4. The van der Waals surface area contributed by atoms with Crippen LogP contribution in [0.15, 0.2) is 29.1 Å². The van der Waals surface area contributed by atoms with E-state index in [0.29, 0.717) is 36.9 Å². The van der Waals surface area contributed by atoms with Gasteiger partial charge in [0.15, 0.2) is 0 Å². The van der Waals surface area contributed by atoms with Gasteiger partial charge in [-0.3, -0.25) is 14.3 Å². The first-order chi connectivity index (χ1) is 15.8. The molecule has 1 amide bonds. The summed E-state index contributed by atoms with van der Waals surface area (Å²) in [5, 5.41) is 4.55. The highest BCUT2D eigenvalue weighted by Crippen LogP contribution is 2.40. The van der Waals surface area contributed by atoms with Gasteiger partial charge in [0.1, 0.15) is 11.6 Å². The molecule has 1 aliphatic heterocycles. The predicted octanol–water partition coefficient (Wildman–Crippen LogP) is 2.75. The van der Waals surface area contributed by atoms with Gasteiger partial charge >= 0.3 is 0 Å². The van der Waals surface area contributed by atoms with Crippen LogP contribution in [0.25, 0.3) is 0 Å². The summed E-state index contributed by atoms with van der Waals surface area (Å²) < 4.78 is 7.48. The number of ether oxygens (including phenoxy) is 1. The highest BCUT2D eigenvalue weighted by molar-refractivity contribution is 5.95. The van der Waals surface area contributed by atoms with Crippen molar-refractivity contribution < 1.29 is 9.53 Å². The largest absolute Gasteiger partial charge is 0.496 e. The summed E-state index contributed by atoms with van der Waals surface area (Å²) in [6, 6.07) is 7.64. The van der Waals surface area contributed by atoms with Crippen molar-refractivity contribution in [3.63, 3.8) is 0 Å². The van der Waals surface area contributed by atoms with Crippen molar-refractivity contribution in [2.75, 3.05) is 20.2 Å². The van der Waals surface area contributed by atoms with E-state index in [1.54, 1.807) is 7.11 Å². The zero-order valence-electron chi connectivity index (χ0n) is 19.5. The van der Waals surface area contributed by atoms with Crippen LogP contribution in [-0.2, 0) is 13.0 Å². The maximum absolute atomic E-state index is 13.5. The Morgan fingerprint density at radius 3 is 2.76 bits per heavy atom. The molecule has 0 saturated carbocycles. The minimum absolute atomic E-state index is 0.00443. The highest BCUT2D eigenvalue weighted by atomic mass is 16.5. The molecular weight excluding hydrogens is 418 g/mol. The standard InChI is InChI=1S/C25H29N5O3/c1-14-9-15(2)30(28-14)12-19-10-17(6-8-22(19)33-4)25(32)29-11-18-5-7-20-23(21(18)13-29)26-16(3)27-24(20)31/h6,8-10,18,21H,5,7,11-13H2,1-4H3,(H,26,27,31)/t18-,21+/m1/s1. The molecule has 2 aromatic heterocycles. The molecule has 8 nitrogen and oxygen atoms in total. The van der Waals surface area contributed by atoms with Crippen LogP contribution in [-0.4, -0.2) is 50.8 Å². The minimum atomic E-state index is -0.0373. The molecule has 2 aliphatic rings. The number of hydrogen-bond donors (Lipinski definition) is 1. The molecule has 0 unspecified atom stereocenters. The number of aryl methyl sites for hydroxylation is 3. The zero-order chi connectivity index (χ0) is 23.3. The normalized spacial score (nSPS) is 19.3. The number of fused-ring (bicyclic) bond motifs is 3. The fraction of sp³-hybridized carbons (Fsp3) is 0.440. The van der Waals surface area contributed by atoms with Gasteiger partial charge in [-0.2, -0.15) is 5.10 Å². The van der Waals surface area contributed by atoms with Crippen LogP contribution in [0.5, 0.6) is 5.75 Å². The third-order valence-corrected chi connectivity index (χ3v) is 6.96. The van der Waals surface area contributed by atoms with Crippen molar-refractivity contribution in [1.29, 1.82) is 0 Å². The molecule has 8 heteroatoms. The van der Waals surface area contributed by atoms with Crippen molar-refractivity contribution >= 4 is 5.91 Å². The van der Waals surface area contributed by atoms with Gasteiger partial charge in [-0.25, -0.2) is 4.98 Å². The van der Waals surface area contributed by atoms with E-state index in [9.17, 15) is 9.59 Å².